The van der Waals surface area contributed by atoms with Crippen molar-refractivity contribution in [1.82, 2.24) is 10.6 Å². The van der Waals surface area contributed by atoms with Gasteiger partial charge in [-0.05, 0) is 25.8 Å². The van der Waals surface area contributed by atoms with E-state index in [0.717, 1.165) is 0 Å². The van der Waals surface area contributed by atoms with Crippen LogP contribution in [0, 0.1) is 6.92 Å². The molecule has 1 atom stereocenters. The summed E-state index contributed by atoms with van der Waals surface area (Å²) in [6, 6.07) is 8.15. The minimum atomic E-state index is -0.189. The average Bonchev–Trinajstić information content (AvgIpc) is 2.37. The smallest absolute Gasteiger partial charge is 0.315 e. The molecule has 0 unspecified atom stereocenters. The van der Waals surface area contributed by atoms with Gasteiger partial charge >= 0.3 is 6.03 Å². The lowest BCUT2D eigenvalue weighted by atomic mass is 9.84. The molecule has 1 rings (SSSR count). The van der Waals surface area contributed by atoms with Crippen LogP contribution in [0.3, 0.4) is 0 Å². The third-order valence-electron chi connectivity index (χ3n) is 3.46. The molecule has 0 saturated carbocycles. The molecule has 0 aliphatic rings. The Balaban J connectivity index is 2.50. The zero-order valence-electron chi connectivity index (χ0n) is 12.9. The second-order valence-electron chi connectivity index (χ2n) is 5.99. The van der Waals surface area contributed by atoms with Crippen molar-refractivity contribution in [3.05, 3.63) is 35.4 Å². The molecular weight excluding hydrogens is 252 g/mol. The molecule has 0 aromatic heterocycles. The number of hydrogen-bond donors (Lipinski definition) is 3. The van der Waals surface area contributed by atoms with E-state index in [2.05, 4.69) is 55.7 Å². The van der Waals surface area contributed by atoms with Crippen molar-refractivity contribution in [2.45, 2.75) is 45.6 Å². The van der Waals surface area contributed by atoms with Gasteiger partial charge in [0.25, 0.3) is 0 Å². The van der Waals surface area contributed by atoms with Crippen LogP contribution in [0.1, 0.15) is 38.3 Å². The van der Waals surface area contributed by atoms with Crippen molar-refractivity contribution in [3.8, 4) is 0 Å². The van der Waals surface area contributed by atoms with E-state index >= 15 is 0 Å². The molecule has 0 bridgehead atoms. The average molecular weight is 278 g/mol. The topological polar surface area (TPSA) is 61.4 Å². The van der Waals surface area contributed by atoms with E-state index in [-0.39, 0.29) is 24.1 Å². The first-order valence-electron chi connectivity index (χ1n) is 7.07. The van der Waals surface area contributed by atoms with Crippen LogP contribution in [0.5, 0.6) is 0 Å². The van der Waals surface area contributed by atoms with Gasteiger partial charge in [0, 0.05) is 24.6 Å². The van der Waals surface area contributed by atoms with Gasteiger partial charge in [0.2, 0.25) is 0 Å². The van der Waals surface area contributed by atoms with Gasteiger partial charge in [0.15, 0.2) is 0 Å². The molecule has 112 valence electrons. The molecular formula is C16H26N2O2. The van der Waals surface area contributed by atoms with E-state index in [4.69, 9.17) is 5.11 Å². The van der Waals surface area contributed by atoms with E-state index < -0.39 is 0 Å². The minimum absolute atomic E-state index is 0.0255. The van der Waals surface area contributed by atoms with Crippen LogP contribution in [0.25, 0.3) is 0 Å². The lowest BCUT2D eigenvalue weighted by Gasteiger charge is -2.26. The van der Waals surface area contributed by atoms with Crippen LogP contribution in [0.2, 0.25) is 0 Å². The van der Waals surface area contributed by atoms with Crippen LogP contribution in [-0.2, 0) is 5.41 Å². The predicted octanol–water partition coefficient (Wildman–Crippen LogP) is 2.34. The van der Waals surface area contributed by atoms with Crippen LogP contribution >= 0.6 is 0 Å². The first-order valence-corrected chi connectivity index (χ1v) is 7.07. The number of rotatable bonds is 6. The number of nitrogens with one attached hydrogen (secondary N) is 2. The summed E-state index contributed by atoms with van der Waals surface area (Å²) in [5, 5.41) is 14.5. The van der Waals surface area contributed by atoms with Gasteiger partial charge < -0.3 is 15.7 Å². The summed E-state index contributed by atoms with van der Waals surface area (Å²) in [7, 11) is 0. The maximum Gasteiger partial charge on any atom is 0.315 e. The number of aliphatic hydroxyl groups excluding tert-OH is 1. The molecule has 1 aromatic carbocycles. The standard InChI is InChI=1S/C16H26N2O2/c1-12-5-7-14(8-6-12)16(3,4)11-17-15(20)18-13(2)9-10-19/h5-8,13,19H,9-11H2,1-4H3,(H2,17,18,20)/t13-/m1/s1. The predicted molar refractivity (Wildman–Crippen MR) is 81.9 cm³/mol. The van der Waals surface area contributed by atoms with E-state index in [1.807, 2.05) is 6.92 Å². The van der Waals surface area contributed by atoms with Gasteiger partial charge in [-0.3, -0.25) is 0 Å². The van der Waals surface area contributed by atoms with Crippen molar-refractivity contribution in [2.24, 2.45) is 0 Å². The number of carbonyl (C=O) groups excluding carboxylic acids is 1. The lowest BCUT2D eigenvalue weighted by Crippen LogP contribution is -2.45. The fourth-order valence-corrected chi connectivity index (χ4v) is 1.95. The normalized spacial score (nSPS) is 12.8. The molecule has 0 saturated heterocycles. The Morgan fingerprint density at radius 3 is 2.45 bits per heavy atom. The summed E-state index contributed by atoms with van der Waals surface area (Å²) >= 11 is 0. The quantitative estimate of drug-likeness (QED) is 0.748. The van der Waals surface area contributed by atoms with Gasteiger partial charge in [-0.25, -0.2) is 4.79 Å². The molecule has 0 radical (unpaired) electrons. The van der Waals surface area contributed by atoms with Crippen molar-refractivity contribution in [1.29, 1.82) is 0 Å². The summed E-state index contributed by atoms with van der Waals surface area (Å²) in [5.74, 6) is 0. The molecule has 0 spiro atoms. The van der Waals surface area contributed by atoms with Crippen molar-refractivity contribution < 1.29 is 9.90 Å². The maximum atomic E-state index is 11.8. The Morgan fingerprint density at radius 1 is 1.30 bits per heavy atom. The summed E-state index contributed by atoms with van der Waals surface area (Å²) < 4.78 is 0. The van der Waals surface area contributed by atoms with Crippen LogP contribution in [0.4, 0.5) is 4.79 Å². The Morgan fingerprint density at radius 2 is 1.90 bits per heavy atom. The van der Waals surface area contributed by atoms with Crippen molar-refractivity contribution in [2.75, 3.05) is 13.2 Å². The summed E-state index contributed by atoms with van der Waals surface area (Å²) in [5.41, 5.74) is 2.31. The minimum Gasteiger partial charge on any atom is -0.396 e. The fraction of sp³-hybridized carbons (Fsp3) is 0.562. The van der Waals surface area contributed by atoms with Crippen LogP contribution in [0.15, 0.2) is 24.3 Å². The SMILES string of the molecule is Cc1ccc(C(C)(C)CNC(=O)N[C@H](C)CCO)cc1. The van der Waals surface area contributed by atoms with Crippen molar-refractivity contribution >= 4 is 6.03 Å². The number of carbonyl (C=O) groups is 1. The highest BCUT2D eigenvalue weighted by molar-refractivity contribution is 5.74. The number of amides is 2. The zero-order valence-corrected chi connectivity index (χ0v) is 12.9. The maximum absolute atomic E-state index is 11.8. The Bertz CT molecular complexity index is 427. The summed E-state index contributed by atoms with van der Waals surface area (Å²) in [4.78, 5) is 11.8. The van der Waals surface area contributed by atoms with Gasteiger partial charge in [-0.15, -0.1) is 0 Å². The molecule has 0 fully saturated rings. The molecule has 2 amide bonds. The second kappa shape index (κ2) is 7.29. The van der Waals surface area contributed by atoms with Crippen LogP contribution < -0.4 is 10.6 Å². The third-order valence-corrected chi connectivity index (χ3v) is 3.46. The lowest BCUT2D eigenvalue weighted by molar-refractivity contribution is 0.229. The largest absolute Gasteiger partial charge is 0.396 e. The number of aliphatic hydroxyl groups is 1. The first kappa shape index (κ1) is 16.5. The molecule has 20 heavy (non-hydrogen) atoms. The van der Waals surface area contributed by atoms with Gasteiger partial charge in [0.1, 0.15) is 0 Å². The first-order chi connectivity index (χ1) is 9.35. The highest BCUT2D eigenvalue weighted by atomic mass is 16.3. The zero-order chi connectivity index (χ0) is 15.2. The number of benzene rings is 1. The summed E-state index contributed by atoms with van der Waals surface area (Å²) in [6.07, 6.45) is 0.564. The molecule has 0 heterocycles. The number of aryl methyl sites for hydroxylation is 1. The monoisotopic (exact) mass is 278 g/mol. The molecule has 0 aliphatic heterocycles. The highest BCUT2D eigenvalue weighted by Crippen LogP contribution is 2.22. The highest BCUT2D eigenvalue weighted by Gasteiger charge is 2.21. The Labute approximate surface area is 121 Å². The Hall–Kier alpha value is -1.55. The second-order valence-corrected chi connectivity index (χ2v) is 5.99. The van der Waals surface area contributed by atoms with Crippen molar-refractivity contribution in [3.63, 3.8) is 0 Å². The molecule has 4 nitrogen and oxygen atoms in total. The summed E-state index contributed by atoms with van der Waals surface area (Å²) in [6.45, 7) is 8.79. The van der Waals surface area contributed by atoms with E-state index in [1.165, 1.54) is 11.1 Å². The third kappa shape index (κ3) is 5.21. The van der Waals surface area contributed by atoms with Crippen LogP contribution in [-0.4, -0.2) is 30.3 Å². The van der Waals surface area contributed by atoms with E-state index in [0.29, 0.717) is 13.0 Å². The van der Waals surface area contributed by atoms with E-state index in [1.54, 1.807) is 0 Å². The van der Waals surface area contributed by atoms with Gasteiger partial charge in [0.05, 0.1) is 0 Å². The molecule has 3 N–H and O–H groups in total. The number of urea groups is 1. The van der Waals surface area contributed by atoms with Gasteiger partial charge in [-0.1, -0.05) is 43.7 Å². The van der Waals surface area contributed by atoms with Gasteiger partial charge in [-0.2, -0.15) is 0 Å². The molecule has 1 aromatic rings. The molecule has 4 heteroatoms. The van der Waals surface area contributed by atoms with E-state index in [9.17, 15) is 4.79 Å². The Kier molecular flexibility index (Phi) is 6.02. The fourth-order valence-electron chi connectivity index (χ4n) is 1.95. The molecule has 0 aliphatic carbocycles. The number of hydrogen-bond acceptors (Lipinski definition) is 2.